The van der Waals surface area contributed by atoms with E-state index in [1.165, 1.54) is 11.1 Å². The van der Waals surface area contributed by atoms with Crippen LogP contribution in [0.2, 0.25) is 0 Å². The molecular weight excluding hydrogens is 408 g/mol. The minimum atomic E-state index is -0.0349. The lowest BCUT2D eigenvalue weighted by Gasteiger charge is -2.25. The molecule has 0 amide bonds. The van der Waals surface area contributed by atoms with Gasteiger partial charge in [0.25, 0.3) is 0 Å². The van der Waals surface area contributed by atoms with Crippen LogP contribution in [0.1, 0.15) is 28.7 Å². The molecule has 4 heterocycles. The zero-order valence-electron chi connectivity index (χ0n) is 17.9. The number of hydrogen-bond acceptors (Lipinski definition) is 5. The molecule has 2 aromatic carbocycles. The van der Waals surface area contributed by atoms with Crippen molar-refractivity contribution >= 4 is 11.7 Å². The lowest BCUT2D eigenvalue weighted by Crippen LogP contribution is -2.34. The summed E-state index contributed by atoms with van der Waals surface area (Å²) in [6, 6.07) is 26.8. The summed E-state index contributed by atoms with van der Waals surface area (Å²) in [4.78, 5) is 9.65. The molecular formula is C27H22N6. The summed E-state index contributed by atoms with van der Waals surface area (Å²) in [6.45, 7) is 0.530. The van der Waals surface area contributed by atoms with Crippen molar-refractivity contribution in [3.8, 4) is 11.5 Å². The van der Waals surface area contributed by atoms with Crippen molar-refractivity contribution in [1.29, 1.82) is 0 Å². The highest BCUT2D eigenvalue weighted by Crippen LogP contribution is 2.36. The van der Waals surface area contributed by atoms with Gasteiger partial charge in [0.2, 0.25) is 0 Å². The molecule has 2 N–H and O–H groups in total. The maximum absolute atomic E-state index is 5.81. The minimum Gasteiger partial charge on any atom is -0.326 e. The summed E-state index contributed by atoms with van der Waals surface area (Å²) in [7, 11) is 0. The largest absolute Gasteiger partial charge is 0.326 e. The monoisotopic (exact) mass is 430 g/mol. The van der Waals surface area contributed by atoms with Gasteiger partial charge in [0.05, 0.1) is 11.4 Å². The number of pyridine rings is 2. The van der Waals surface area contributed by atoms with Gasteiger partial charge in [-0.05, 0) is 34.9 Å². The van der Waals surface area contributed by atoms with Crippen LogP contribution in [0.15, 0.2) is 96.2 Å². The van der Waals surface area contributed by atoms with Crippen LogP contribution in [0.4, 0.5) is 0 Å². The topological polar surface area (TPSA) is 81.5 Å². The predicted molar refractivity (Wildman–Crippen MR) is 128 cm³/mol. The first kappa shape index (κ1) is 19.5. The van der Waals surface area contributed by atoms with Crippen molar-refractivity contribution in [2.75, 3.05) is 0 Å². The van der Waals surface area contributed by atoms with Gasteiger partial charge < -0.3 is 5.73 Å². The molecule has 3 aromatic heterocycles. The van der Waals surface area contributed by atoms with E-state index in [1.807, 2.05) is 40.9 Å². The van der Waals surface area contributed by atoms with Crippen LogP contribution in [0, 0.1) is 0 Å². The molecule has 0 radical (unpaired) electrons. The van der Waals surface area contributed by atoms with Crippen LogP contribution >= 0.6 is 0 Å². The molecule has 0 aliphatic carbocycles. The maximum atomic E-state index is 5.81. The second-order valence-electron chi connectivity index (χ2n) is 8.17. The molecule has 0 spiro atoms. The van der Waals surface area contributed by atoms with E-state index in [1.54, 1.807) is 6.20 Å². The highest BCUT2D eigenvalue weighted by molar-refractivity contribution is 5.59. The van der Waals surface area contributed by atoms with E-state index in [9.17, 15) is 0 Å². The lowest BCUT2D eigenvalue weighted by atomic mass is 9.85. The van der Waals surface area contributed by atoms with Gasteiger partial charge in [-0.25, -0.2) is 0 Å². The lowest BCUT2D eigenvalue weighted by molar-refractivity contribution is 0.641. The smallest absolute Gasteiger partial charge is 0.187 e. The summed E-state index contributed by atoms with van der Waals surface area (Å²) in [6.07, 6.45) is 6.03. The third-order valence-electron chi connectivity index (χ3n) is 6.19. The Bertz CT molecular complexity index is 1540. The fraction of sp³-hybridized carbons (Fsp3) is 0.111. The van der Waals surface area contributed by atoms with Gasteiger partial charge in [-0.3, -0.25) is 14.4 Å². The fourth-order valence-corrected chi connectivity index (χ4v) is 4.50. The standard InChI is InChI=1S/C27H22N6/c28-17-18-9-11-20(12-10-18)25-21(19-6-2-1-3-7-19)16-22-23(30-25)13-15-33-26(22)31-32-27(33)24-8-4-5-14-29-24/h1-16,21,25H,17,28H2. The van der Waals surface area contributed by atoms with Crippen LogP contribution in [-0.2, 0) is 6.54 Å². The Balaban J connectivity index is 1.56. The molecule has 6 rings (SSSR count). The van der Waals surface area contributed by atoms with E-state index >= 15 is 0 Å². The van der Waals surface area contributed by atoms with Crippen molar-refractivity contribution in [2.45, 2.75) is 18.5 Å². The first-order valence-electron chi connectivity index (χ1n) is 11.0. The molecule has 2 atom stereocenters. The van der Waals surface area contributed by atoms with Gasteiger partial charge in [0, 0.05) is 30.1 Å². The molecule has 1 aliphatic heterocycles. The molecule has 0 fully saturated rings. The normalized spacial score (nSPS) is 17.2. The molecule has 0 saturated carbocycles. The maximum Gasteiger partial charge on any atom is 0.187 e. The Morgan fingerprint density at radius 1 is 0.818 bits per heavy atom. The van der Waals surface area contributed by atoms with Crippen LogP contribution in [0.3, 0.4) is 0 Å². The summed E-state index contributed by atoms with van der Waals surface area (Å²) in [5.74, 6) is 0.793. The summed E-state index contributed by atoms with van der Waals surface area (Å²) < 4.78 is 1.99. The Morgan fingerprint density at radius 3 is 2.39 bits per heavy atom. The van der Waals surface area contributed by atoms with Gasteiger partial charge in [-0.1, -0.05) is 66.7 Å². The van der Waals surface area contributed by atoms with E-state index in [4.69, 9.17) is 10.7 Å². The number of nitrogens with two attached hydrogens (primary N) is 1. The first-order valence-corrected chi connectivity index (χ1v) is 11.0. The second-order valence-corrected chi connectivity index (χ2v) is 8.17. The Labute approximate surface area is 190 Å². The van der Waals surface area contributed by atoms with Crippen molar-refractivity contribution in [2.24, 2.45) is 10.7 Å². The van der Waals surface area contributed by atoms with Crippen LogP contribution < -0.4 is 16.3 Å². The van der Waals surface area contributed by atoms with Gasteiger partial charge in [-0.15, -0.1) is 10.2 Å². The average molecular weight is 431 g/mol. The third-order valence-corrected chi connectivity index (χ3v) is 6.19. The number of aromatic nitrogens is 4. The van der Waals surface area contributed by atoms with Gasteiger partial charge in [0.1, 0.15) is 5.69 Å². The summed E-state index contributed by atoms with van der Waals surface area (Å²) in [5.41, 5.74) is 10.9. The highest BCUT2D eigenvalue weighted by atomic mass is 15.3. The number of nitrogens with zero attached hydrogens (tertiary/aromatic N) is 5. The fourth-order valence-electron chi connectivity index (χ4n) is 4.50. The summed E-state index contributed by atoms with van der Waals surface area (Å²) >= 11 is 0. The van der Waals surface area contributed by atoms with E-state index in [2.05, 4.69) is 69.8 Å². The zero-order valence-corrected chi connectivity index (χ0v) is 17.9. The predicted octanol–water partition coefficient (Wildman–Crippen LogP) is 3.19. The van der Waals surface area contributed by atoms with Gasteiger partial charge in [-0.2, -0.15) is 0 Å². The van der Waals surface area contributed by atoms with Crippen molar-refractivity contribution in [1.82, 2.24) is 19.6 Å². The third kappa shape index (κ3) is 3.41. The summed E-state index contributed by atoms with van der Waals surface area (Å²) in [5, 5.41) is 10.9. The van der Waals surface area contributed by atoms with Crippen molar-refractivity contribution in [3.63, 3.8) is 0 Å². The second kappa shape index (κ2) is 8.07. The van der Waals surface area contributed by atoms with Crippen LogP contribution in [0.25, 0.3) is 23.2 Å². The molecule has 33 heavy (non-hydrogen) atoms. The highest BCUT2D eigenvalue weighted by Gasteiger charge is 2.26. The first-order chi connectivity index (χ1) is 16.3. The van der Waals surface area contributed by atoms with Crippen LogP contribution in [0.5, 0.6) is 0 Å². The molecule has 0 bridgehead atoms. The van der Waals surface area contributed by atoms with Gasteiger partial charge >= 0.3 is 0 Å². The van der Waals surface area contributed by atoms with Crippen LogP contribution in [-0.4, -0.2) is 19.6 Å². The molecule has 2 unspecified atom stereocenters. The van der Waals surface area contributed by atoms with Crippen molar-refractivity contribution in [3.05, 3.63) is 119 Å². The molecule has 0 saturated heterocycles. The van der Waals surface area contributed by atoms with E-state index in [-0.39, 0.29) is 12.0 Å². The molecule has 160 valence electrons. The Morgan fingerprint density at radius 2 is 1.64 bits per heavy atom. The van der Waals surface area contributed by atoms with Gasteiger partial charge in [0.15, 0.2) is 11.5 Å². The number of hydrogen-bond donors (Lipinski definition) is 1. The molecule has 5 aromatic rings. The van der Waals surface area contributed by atoms with E-state index in [0.29, 0.717) is 6.54 Å². The number of benzene rings is 2. The Kier molecular flexibility index (Phi) is 4.78. The minimum absolute atomic E-state index is 0.0349. The van der Waals surface area contributed by atoms with Crippen molar-refractivity contribution < 1.29 is 0 Å². The molecule has 6 nitrogen and oxygen atoms in total. The Hall–Kier alpha value is -4.16. The molecule has 1 aliphatic rings. The van der Waals surface area contributed by atoms with E-state index < -0.39 is 0 Å². The quantitative estimate of drug-likeness (QED) is 0.475. The number of fused-ring (bicyclic) bond motifs is 3. The molecule has 6 heteroatoms. The average Bonchev–Trinajstić information content (AvgIpc) is 3.34. The van der Waals surface area contributed by atoms with E-state index in [0.717, 1.165) is 33.3 Å². The zero-order chi connectivity index (χ0) is 22.2. The SMILES string of the molecule is NCc1ccc(C2N=c3ccn4c(-c5ccccn5)nnc4c3=CC2c2ccccc2)cc1. The number of rotatable bonds is 4.